The minimum absolute atomic E-state index is 0.0275. The van der Waals surface area contributed by atoms with Gasteiger partial charge in [-0.05, 0) is 19.1 Å². The predicted molar refractivity (Wildman–Crippen MR) is 86.1 cm³/mol. The van der Waals surface area contributed by atoms with E-state index in [0.29, 0.717) is 16.3 Å². The normalized spacial score (nSPS) is 11.7. The molecule has 0 radical (unpaired) electrons. The average molecular weight is 383 g/mol. The zero-order valence-electron chi connectivity index (χ0n) is 14.0. The number of anilines is 1. The fraction of sp³-hybridized carbons (Fsp3) is 0.267. The molecule has 3 aromatic rings. The smallest absolute Gasteiger partial charge is 0.338 e. The molecule has 0 saturated heterocycles. The van der Waals surface area contributed by atoms with Gasteiger partial charge in [0.15, 0.2) is 0 Å². The molecular formula is C15H12F3N5O4. The van der Waals surface area contributed by atoms with Crippen molar-refractivity contribution in [2.24, 2.45) is 7.05 Å². The van der Waals surface area contributed by atoms with Gasteiger partial charge in [0.2, 0.25) is 11.8 Å². The molecular weight excluding hydrogens is 371 g/mol. The maximum absolute atomic E-state index is 12.8. The molecule has 0 aliphatic rings. The lowest BCUT2D eigenvalue weighted by molar-refractivity contribution is -0.141. The first-order valence-corrected chi connectivity index (χ1v) is 7.49. The summed E-state index contributed by atoms with van der Waals surface area (Å²) in [5, 5.41) is 5.66. The molecule has 27 heavy (non-hydrogen) atoms. The highest BCUT2D eigenvalue weighted by molar-refractivity contribution is 5.89. The average Bonchev–Trinajstić information content (AvgIpc) is 3.00. The third-order valence-electron chi connectivity index (χ3n) is 3.67. The summed E-state index contributed by atoms with van der Waals surface area (Å²) < 4.78 is 44.6. The van der Waals surface area contributed by atoms with Gasteiger partial charge in [0.05, 0.1) is 11.1 Å². The maximum atomic E-state index is 12.8. The zero-order chi connectivity index (χ0) is 19.9. The standard InChI is InChI=1S/C15H12F3N5O4/c1-7-5-11(27-21-7)20-10(24)6-23-13(25)8-3-4-9(15(16,17)18)19-12(8)22(2)14(23)26/h3-5H,6H2,1-2H3,(H,20,24). The Labute approximate surface area is 148 Å². The monoisotopic (exact) mass is 383 g/mol. The van der Waals surface area contributed by atoms with Crippen LogP contribution in [-0.2, 0) is 24.6 Å². The van der Waals surface area contributed by atoms with Crippen molar-refractivity contribution in [3.05, 3.63) is 50.4 Å². The Bertz CT molecular complexity index is 1160. The Kier molecular flexibility index (Phi) is 4.33. The molecule has 0 bridgehead atoms. The molecule has 3 rings (SSSR count). The number of carbonyl (C=O) groups is 1. The number of nitrogens with zero attached hydrogens (tertiary/aromatic N) is 4. The molecule has 1 N–H and O–H groups in total. The second-order valence-corrected chi connectivity index (χ2v) is 5.68. The summed E-state index contributed by atoms with van der Waals surface area (Å²) in [5.74, 6) is -0.718. The van der Waals surface area contributed by atoms with Crippen LogP contribution in [0.2, 0.25) is 0 Å². The van der Waals surface area contributed by atoms with E-state index in [1.165, 1.54) is 6.07 Å². The number of hydrogen-bond donors (Lipinski definition) is 1. The molecule has 1 amide bonds. The number of hydrogen-bond acceptors (Lipinski definition) is 6. The summed E-state index contributed by atoms with van der Waals surface area (Å²) in [6, 6.07) is 2.98. The number of nitrogens with one attached hydrogen (secondary N) is 1. The number of rotatable bonds is 3. The fourth-order valence-corrected chi connectivity index (χ4v) is 2.42. The third kappa shape index (κ3) is 3.45. The number of alkyl halides is 3. The second-order valence-electron chi connectivity index (χ2n) is 5.68. The summed E-state index contributed by atoms with van der Waals surface area (Å²) in [7, 11) is 1.16. The number of aromatic nitrogens is 4. The van der Waals surface area contributed by atoms with Crippen LogP contribution in [0.1, 0.15) is 11.4 Å². The number of aryl methyl sites for hydroxylation is 2. The summed E-state index contributed by atoms with van der Waals surface area (Å²) in [5.41, 5.74) is -3.07. The van der Waals surface area contributed by atoms with Crippen molar-refractivity contribution in [1.29, 1.82) is 0 Å². The number of pyridine rings is 1. The SMILES string of the molecule is Cc1cc(NC(=O)Cn2c(=O)c3ccc(C(F)(F)F)nc3n(C)c2=O)on1. The molecule has 3 aromatic heterocycles. The first-order chi connectivity index (χ1) is 12.6. The number of carbonyl (C=O) groups excluding carboxylic acids is 1. The second kappa shape index (κ2) is 6.37. The molecule has 0 atom stereocenters. The minimum Gasteiger partial charge on any atom is -0.338 e. The fourth-order valence-electron chi connectivity index (χ4n) is 2.42. The van der Waals surface area contributed by atoms with Crippen LogP contribution in [-0.4, -0.2) is 25.2 Å². The lowest BCUT2D eigenvalue weighted by Crippen LogP contribution is -2.42. The van der Waals surface area contributed by atoms with Crippen molar-refractivity contribution < 1.29 is 22.5 Å². The first-order valence-electron chi connectivity index (χ1n) is 7.49. The lowest BCUT2D eigenvalue weighted by Gasteiger charge is -2.11. The quantitative estimate of drug-likeness (QED) is 0.724. The molecule has 0 saturated carbocycles. The van der Waals surface area contributed by atoms with Crippen molar-refractivity contribution >= 4 is 22.8 Å². The molecule has 0 aliphatic heterocycles. The van der Waals surface area contributed by atoms with Crippen molar-refractivity contribution in [2.75, 3.05) is 5.32 Å². The Morgan fingerprint density at radius 3 is 2.59 bits per heavy atom. The minimum atomic E-state index is -4.73. The van der Waals surface area contributed by atoms with Crippen LogP contribution in [0.15, 0.2) is 32.3 Å². The number of halogens is 3. The van der Waals surface area contributed by atoms with E-state index in [2.05, 4.69) is 15.5 Å². The van der Waals surface area contributed by atoms with Crippen LogP contribution in [0.5, 0.6) is 0 Å². The zero-order valence-corrected chi connectivity index (χ0v) is 14.0. The van der Waals surface area contributed by atoms with E-state index in [0.717, 1.165) is 17.7 Å². The van der Waals surface area contributed by atoms with Crippen molar-refractivity contribution in [3.8, 4) is 0 Å². The van der Waals surface area contributed by atoms with Crippen LogP contribution in [0, 0.1) is 6.92 Å². The highest BCUT2D eigenvalue weighted by Crippen LogP contribution is 2.28. The Morgan fingerprint density at radius 2 is 2.00 bits per heavy atom. The van der Waals surface area contributed by atoms with Gasteiger partial charge in [-0.1, -0.05) is 5.16 Å². The topological polar surface area (TPSA) is 112 Å². The van der Waals surface area contributed by atoms with E-state index in [1.54, 1.807) is 6.92 Å². The van der Waals surface area contributed by atoms with Gasteiger partial charge in [0.25, 0.3) is 5.56 Å². The van der Waals surface area contributed by atoms with Crippen LogP contribution in [0.4, 0.5) is 19.1 Å². The van der Waals surface area contributed by atoms with Crippen LogP contribution < -0.4 is 16.6 Å². The highest BCUT2D eigenvalue weighted by Gasteiger charge is 2.33. The van der Waals surface area contributed by atoms with Gasteiger partial charge >= 0.3 is 11.9 Å². The van der Waals surface area contributed by atoms with Gasteiger partial charge in [0, 0.05) is 13.1 Å². The molecule has 0 aromatic carbocycles. The highest BCUT2D eigenvalue weighted by atomic mass is 19.4. The summed E-state index contributed by atoms with van der Waals surface area (Å²) >= 11 is 0. The van der Waals surface area contributed by atoms with Gasteiger partial charge in [0.1, 0.15) is 17.9 Å². The maximum Gasteiger partial charge on any atom is 0.433 e. The van der Waals surface area contributed by atoms with Gasteiger partial charge in [-0.3, -0.25) is 24.0 Å². The number of amides is 1. The predicted octanol–water partition coefficient (Wildman–Crippen LogP) is 1.05. The lowest BCUT2D eigenvalue weighted by atomic mass is 10.2. The molecule has 0 unspecified atom stereocenters. The summed E-state index contributed by atoms with van der Waals surface area (Å²) in [6.45, 7) is 0.965. The van der Waals surface area contributed by atoms with Gasteiger partial charge < -0.3 is 4.52 Å². The van der Waals surface area contributed by atoms with Crippen LogP contribution in [0.3, 0.4) is 0 Å². The van der Waals surface area contributed by atoms with E-state index >= 15 is 0 Å². The Hall–Kier alpha value is -3.44. The molecule has 12 heteroatoms. The van der Waals surface area contributed by atoms with Crippen LogP contribution in [0.25, 0.3) is 11.0 Å². The molecule has 3 heterocycles. The van der Waals surface area contributed by atoms with E-state index in [9.17, 15) is 27.6 Å². The largest absolute Gasteiger partial charge is 0.433 e. The van der Waals surface area contributed by atoms with Gasteiger partial charge in [-0.2, -0.15) is 13.2 Å². The van der Waals surface area contributed by atoms with E-state index in [4.69, 9.17) is 4.52 Å². The Morgan fingerprint density at radius 1 is 1.30 bits per heavy atom. The third-order valence-corrected chi connectivity index (χ3v) is 3.67. The van der Waals surface area contributed by atoms with Crippen molar-refractivity contribution in [2.45, 2.75) is 19.6 Å². The molecule has 0 aliphatic carbocycles. The molecule has 0 fully saturated rings. The molecule has 0 spiro atoms. The summed E-state index contributed by atoms with van der Waals surface area (Å²) in [4.78, 5) is 40.2. The molecule has 9 nitrogen and oxygen atoms in total. The van der Waals surface area contributed by atoms with E-state index in [1.807, 2.05) is 0 Å². The first kappa shape index (κ1) is 18.4. The van der Waals surface area contributed by atoms with Gasteiger partial charge in [-0.25, -0.2) is 9.78 Å². The van der Waals surface area contributed by atoms with E-state index in [-0.39, 0.29) is 11.3 Å². The van der Waals surface area contributed by atoms with E-state index < -0.39 is 41.2 Å². The van der Waals surface area contributed by atoms with Crippen molar-refractivity contribution in [1.82, 2.24) is 19.3 Å². The molecule has 142 valence electrons. The van der Waals surface area contributed by atoms with Crippen molar-refractivity contribution in [3.63, 3.8) is 0 Å². The Balaban J connectivity index is 2.03. The van der Waals surface area contributed by atoms with Gasteiger partial charge in [-0.15, -0.1) is 0 Å². The summed E-state index contributed by atoms with van der Waals surface area (Å²) in [6.07, 6.45) is -4.73. The number of fused-ring (bicyclic) bond motifs is 1. The van der Waals surface area contributed by atoms with Crippen LogP contribution >= 0.6 is 0 Å².